The molecule has 0 unspecified atom stereocenters. The minimum Gasteiger partial charge on any atom is -0.741 e. The molecule has 15 nitrogen and oxygen atoms in total. The number of H-pyrrole nitrogens is 1. The van der Waals surface area contributed by atoms with Gasteiger partial charge in [-0.2, -0.15) is 38.4 Å². The average molecular weight is 777 g/mol. The summed E-state index contributed by atoms with van der Waals surface area (Å²) in [6.07, 6.45) is 6.12. The van der Waals surface area contributed by atoms with Crippen molar-refractivity contribution < 1.29 is 70.9 Å². The minimum atomic E-state index is -6.09. The molecule has 1 N–H and O–H groups in total. The van der Waals surface area contributed by atoms with Gasteiger partial charge in [0.05, 0.1) is 12.7 Å². The van der Waals surface area contributed by atoms with E-state index in [1.54, 1.807) is 39.3 Å². The van der Waals surface area contributed by atoms with Crippen molar-refractivity contribution in [2.45, 2.75) is 73.7 Å². The van der Waals surface area contributed by atoms with E-state index in [0.29, 0.717) is 38.0 Å². The maximum atomic E-state index is 12.7. The Hall–Kier alpha value is -3.10. The Bertz CT molecular complexity index is 1850. The van der Waals surface area contributed by atoms with Crippen LogP contribution in [-0.2, 0) is 67.9 Å². The summed E-state index contributed by atoms with van der Waals surface area (Å²) in [4.78, 5) is 11.0. The molecule has 276 valence electrons. The second-order valence-electron chi connectivity index (χ2n) is 8.37. The lowest BCUT2D eigenvalue weighted by atomic mass is 10.4. The Balaban J connectivity index is -0.000000530. The van der Waals surface area contributed by atoms with Crippen molar-refractivity contribution >= 4 is 41.5 Å². The van der Waals surface area contributed by atoms with Crippen LogP contribution in [0.2, 0.25) is 0 Å². The van der Waals surface area contributed by atoms with Gasteiger partial charge in [-0.05, 0) is 13.8 Å². The fourth-order valence-electron chi connectivity index (χ4n) is 2.86. The summed E-state index contributed by atoms with van der Waals surface area (Å²) in [5, 5.41) is 0. The number of halogens is 7. The lowest BCUT2D eigenvalue weighted by Crippen LogP contribution is -2.42. The quantitative estimate of drug-likeness (QED) is 0.131. The Labute approximate surface area is 269 Å². The van der Waals surface area contributed by atoms with E-state index in [0.717, 1.165) is 24.1 Å². The van der Waals surface area contributed by atoms with Gasteiger partial charge in [-0.1, -0.05) is 47.7 Å². The van der Waals surface area contributed by atoms with Gasteiger partial charge in [0.25, 0.3) is 5.82 Å². The summed E-state index contributed by atoms with van der Waals surface area (Å²) >= 11 is 0. The molecule has 3 aromatic heterocycles. The molecule has 3 aromatic rings. The summed E-state index contributed by atoms with van der Waals surface area (Å²) in [5.74, 6) is 1.72. The first-order valence-electron chi connectivity index (χ1n) is 12.1. The van der Waals surface area contributed by atoms with Crippen LogP contribution in [0.15, 0.2) is 18.6 Å². The van der Waals surface area contributed by atoms with Gasteiger partial charge in [0, 0.05) is 44.3 Å². The minimum absolute atomic E-state index is 0. The lowest BCUT2D eigenvalue weighted by Gasteiger charge is -2.08. The predicted octanol–water partition coefficient (Wildman–Crippen LogP) is 3.20. The Kier molecular flexibility index (Phi) is 19.6. The number of imidazole rings is 3. The van der Waals surface area contributed by atoms with E-state index in [1.807, 2.05) is 13.1 Å². The van der Waals surface area contributed by atoms with E-state index in [2.05, 4.69) is 21.9 Å². The molecule has 0 aromatic carbocycles. The maximum absolute atomic E-state index is 12.7. The summed E-state index contributed by atoms with van der Waals surface area (Å²) in [5.41, 5.74) is -3.31. The number of aromatic amines is 1. The molecule has 0 radical (unpaired) electrons. The molecule has 3 rings (SSSR count). The van der Waals surface area contributed by atoms with Gasteiger partial charge in [-0.15, -0.1) is 0 Å². The lowest BCUT2D eigenvalue weighted by molar-refractivity contribution is -0.525. The van der Waals surface area contributed by atoms with E-state index in [1.165, 1.54) is 6.20 Å². The van der Waals surface area contributed by atoms with Gasteiger partial charge in [-0.3, -0.25) is 0 Å². The number of aromatic nitrogens is 6. The molecule has 47 heavy (non-hydrogen) atoms. The highest BCUT2D eigenvalue weighted by Crippen LogP contribution is 2.20. The molecule has 0 bridgehead atoms. The zero-order valence-corrected chi connectivity index (χ0v) is 28.3. The summed E-state index contributed by atoms with van der Waals surface area (Å²) in [6, 6.07) is 0. The van der Waals surface area contributed by atoms with E-state index < -0.39 is 47.1 Å². The van der Waals surface area contributed by atoms with Crippen LogP contribution in [0.1, 0.15) is 62.8 Å². The Morgan fingerprint density at radius 3 is 1.55 bits per heavy atom. The fraction of sp³-hybridized carbons (Fsp3) is 0.571. The fourth-order valence-corrected chi connectivity index (χ4v) is 4.34. The van der Waals surface area contributed by atoms with Crippen LogP contribution in [0.3, 0.4) is 0 Å². The van der Waals surface area contributed by atoms with Gasteiger partial charge >= 0.3 is 36.9 Å². The third-order valence-electron chi connectivity index (χ3n) is 4.81. The zero-order valence-electron chi connectivity index (χ0n) is 25.0. The molecular weight excluding hydrogens is 742 g/mol. The number of aryl methyl sites for hydroxylation is 5. The Morgan fingerprint density at radius 1 is 0.894 bits per heavy atom. The van der Waals surface area contributed by atoms with Gasteiger partial charge < -0.3 is 9.54 Å². The third-order valence-corrected chi connectivity index (χ3v) is 6.95. The van der Waals surface area contributed by atoms with Crippen molar-refractivity contribution in [2.75, 3.05) is 0 Å². The summed E-state index contributed by atoms with van der Waals surface area (Å²) in [6.45, 7) is 10.9. The van der Waals surface area contributed by atoms with Crippen LogP contribution >= 0.6 is 0 Å². The molecule has 0 aliphatic carbocycles. The normalized spacial score (nSPS) is 11.6. The molecule has 0 aliphatic rings. The van der Waals surface area contributed by atoms with E-state index in [9.17, 15) is 45.5 Å². The highest BCUT2D eigenvalue weighted by molar-refractivity contribution is 7.86. The van der Waals surface area contributed by atoms with Crippen molar-refractivity contribution in [2.24, 2.45) is 7.05 Å². The molecule has 0 saturated heterocycles. The monoisotopic (exact) mass is 776 g/mol. The first-order chi connectivity index (χ1) is 20.4. The van der Waals surface area contributed by atoms with Crippen molar-refractivity contribution in [1.29, 1.82) is 0 Å². The SMILES string of the molecule is C.CCc1n(C)c(C)c[n+]1S(=O)(=O)F.CCc1nc(C)cn1S(=O)(=O)F.CCc1ncc(C)[nH]1.O=S(=O)(F)F.O=S(=O)([O-])C(F)(F)F. The highest BCUT2D eigenvalue weighted by atomic mass is 32.3. The van der Waals surface area contributed by atoms with Gasteiger partial charge in [0.2, 0.25) is 0 Å². The van der Waals surface area contributed by atoms with Crippen LogP contribution in [-0.4, -0.2) is 67.2 Å². The van der Waals surface area contributed by atoms with Crippen molar-refractivity contribution in [3.8, 4) is 0 Å². The number of nitrogens with zero attached hydrogens (tertiary/aromatic N) is 5. The van der Waals surface area contributed by atoms with Gasteiger partial charge in [0.1, 0.15) is 17.3 Å². The van der Waals surface area contributed by atoms with Gasteiger partial charge in [0.15, 0.2) is 16.3 Å². The Morgan fingerprint density at radius 2 is 1.34 bits per heavy atom. The number of alkyl halides is 3. The van der Waals surface area contributed by atoms with Crippen LogP contribution in [0.4, 0.5) is 28.7 Å². The molecule has 0 saturated carbocycles. The van der Waals surface area contributed by atoms with E-state index in [4.69, 9.17) is 21.4 Å². The van der Waals surface area contributed by atoms with E-state index in [-0.39, 0.29) is 13.3 Å². The van der Waals surface area contributed by atoms with Crippen LogP contribution in [0.5, 0.6) is 0 Å². The first kappa shape index (κ1) is 48.3. The average Bonchev–Trinajstić information content (AvgIpc) is 3.54. The summed E-state index contributed by atoms with van der Waals surface area (Å²) < 4.78 is 166. The molecule has 0 amide bonds. The molecule has 0 spiro atoms. The van der Waals surface area contributed by atoms with Crippen LogP contribution in [0.25, 0.3) is 0 Å². The molecule has 0 aliphatic heterocycles. The number of hydrogen-bond acceptors (Lipinski definition) is 11. The molecule has 0 atom stereocenters. The standard InChI is InChI=1S/C7H12FN2O2S.C6H9FN2O2S.C6H10N2.CHF3O3S.CH4.F2O2S/c1-4-7-9(3)6(2)5-10(7)13(8,11)12;1-3-6-8-5(2)4-9(6)12(7,10)11;1-3-6-7-4-5(2)8-6;2-1(3,4)8(5,6)7;;1-5(2,3)4/h5H,4H2,1-3H3;4H,3H2,1-2H3;4H,3H2,1-2H3,(H,7,8);(H,5,6,7);1H4;/q+1;;;;;/p-1. The summed E-state index contributed by atoms with van der Waals surface area (Å²) in [7, 11) is -19.4. The first-order valence-corrected chi connectivity index (χ1v) is 17.5. The third kappa shape index (κ3) is 19.3. The largest absolute Gasteiger partial charge is 0.741 e. The van der Waals surface area contributed by atoms with Gasteiger partial charge in [-0.25, -0.2) is 26.9 Å². The van der Waals surface area contributed by atoms with Crippen LogP contribution < -0.4 is 3.97 Å². The van der Waals surface area contributed by atoms with Crippen molar-refractivity contribution in [1.82, 2.24) is 23.5 Å². The second kappa shape index (κ2) is 19.0. The van der Waals surface area contributed by atoms with Crippen molar-refractivity contribution in [3.05, 3.63) is 53.1 Å². The molecule has 26 heteroatoms. The molecular formula is C21H35F7N6O9S4. The smallest absolute Gasteiger partial charge is 0.485 e. The highest BCUT2D eigenvalue weighted by Gasteiger charge is 2.37. The number of nitrogens with one attached hydrogen (secondary N) is 1. The second-order valence-corrected chi connectivity index (χ2v) is 12.9. The van der Waals surface area contributed by atoms with E-state index >= 15 is 0 Å². The van der Waals surface area contributed by atoms with Crippen molar-refractivity contribution in [3.63, 3.8) is 0 Å². The molecule has 0 fully saturated rings. The topological polar surface area (TPSA) is 215 Å². The number of hydrogen-bond donors (Lipinski definition) is 1. The van der Waals surface area contributed by atoms with Crippen LogP contribution in [0, 0.1) is 20.8 Å². The zero-order chi connectivity index (χ0) is 37.1. The number of rotatable bonds is 5. The maximum Gasteiger partial charge on any atom is 0.485 e. The predicted molar refractivity (Wildman–Crippen MR) is 153 cm³/mol. The molecule has 3 heterocycles.